The zero-order valence-corrected chi connectivity index (χ0v) is 5.39. The summed E-state index contributed by atoms with van der Waals surface area (Å²) in [6.45, 7) is 0. The summed E-state index contributed by atoms with van der Waals surface area (Å²) in [4.78, 5) is 0. The van der Waals surface area contributed by atoms with E-state index in [4.69, 9.17) is 10.4 Å². The molecule has 0 saturated heterocycles. The Morgan fingerprint density at radius 2 is 2.60 bits per heavy atom. The SMILES string of the molecule is Cn1cc(C(O)C#N)nn1. The minimum atomic E-state index is -1.16. The van der Waals surface area contributed by atoms with Crippen molar-refractivity contribution in [3.63, 3.8) is 0 Å². The maximum Gasteiger partial charge on any atom is 0.186 e. The third kappa shape index (κ3) is 1.11. The predicted molar refractivity (Wildman–Crippen MR) is 31.6 cm³/mol. The third-order valence-electron chi connectivity index (χ3n) is 1.02. The highest BCUT2D eigenvalue weighted by Gasteiger charge is 2.08. The fourth-order valence-corrected chi connectivity index (χ4v) is 0.557. The quantitative estimate of drug-likeness (QED) is 0.524. The van der Waals surface area contributed by atoms with Crippen LogP contribution in [0.3, 0.4) is 0 Å². The van der Waals surface area contributed by atoms with E-state index in [9.17, 15) is 0 Å². The van der Waals surface area contributed by atoms with Gasteiger partial charge in [-0.1, -0.05) is 5.21 Å². The molecule has 0 bridgehead atoms. The summed E-state index contributed by atoms with van der Waals surface area (Å²) in [6.07, 6.45) is 0.335. The number of rotatable bonds is 1. The van der Waals surface area contributed by atoms with E-state index in [1.165, 1.54) is 10.9 Å². The van der Waals surface area contributed by atoms with Crippen molar-refractivity contribution in [2.24, 2.45) is 7.05 Å². The van der Waals surface area contributed by atoms with Gasteiger partial charge in [-0.3, -0.25) is 4.68 Å². The summed E-state index contributed by atoms with van der Waals surface area (Å²) >= 11 is 0. The van der Waals surface area contributed by atoms with E-state index >= 15 is 0 Å². The normalized spacial score (nSPS) is 12.5. The Balaban J connectivity index is 2.87. The van der Waals surface area contributed by atoms with Crippen LogP contribution in [0, 0.1) is 11.3 Å². The lowest BCUT2D eigenvalue weighted by atomic mass is 10.3. The fraction of sp³-hybridized carbons (Fsp3) is 0.400. The highest BCUT2D eigenvalue weighted by atomic mass is 16.3. The monoisotopic (exact) mass is 138 g/mol. The van der Waals surface area contributed by atoms with Crippen LogP contribution in [0.25, 0.3) is 0 Å². The molecule has 0 fully saturated rings. The van der Waals surface area contributed by atoms with Crippen LogP contribution in [0.2, 0.25) is 0 Å². The molecule has 0 aliphatic carbocycles. The number of hydrogen-bond acceptors (Lipinski definition) is 4. The topological polar surface area (TPSA) is 74.7 Å². The number of aliphatic hydroxyl groups is 1. The third-order valence-corrected chi connectivity index (χ3v) is 1.02. The molecular weight excluding hydrogens is 132 g/mol. The molecular formula is C5H6N4O. The molecule has 1 heterocycles. The van der Waals surface area contributed by atoms with Crippen molar-refractivity contribution in [1.29, 1.82) is 5.26 Å². The molecule has 0 radical (unpaired) electrons. The van der Waals surface area contributed by atoms with Gasteiger partial charge in [0.25, 0.3) is 0 Å². The maximum absolute atomic E-state index is 8.87. The van der Waals surface area contributed by atoms with E-state index in [2.05, 4.69) is 10.3 Å². The van der Waals surface area contributed by atoms with Gasteiger partial charge in [0.1, 0.15) is 11.8 Å². The number of aliphatic hydroxyl groups excluding tert-OH is 1. The number of aryl methyl sites for hydroxylation is 1. The van der Waals surface area contributed by atoms with Gasteiger partial charge in [0, 0.05) is 7.05 Å². The molecule has 1 aromatic heterocycles. The molecule has 1 atom stereocenters. The van der Waals surface area contributed by atoms with E-state index in [0.29, 0.717) is 0 Å². The van der Waals surface area contributed by atoms with E-state index in [0.717, 1.165) is 0 Å². The van der Waals surface area contributed by atoms with Crippen molar-refractivity contribution in [1.82, 2.24) is 15.0 Å². The first kappa shape index (κ1) is 6.71. The van der Waals surface area contributed by atoms with Crippen LogP contribution >= 0.6 is 0 Å². The minimum Gasteiger partial charge on any atom is -0.373 e. The highest BCUT2D eigenvalue weighted by molar-refractivity contribution is 5.05. The Bertz CT molecular complexity index is 261. The molecule has 0 amide bonds. The van der Waals surface area contributed by atoms with Crippen molar-refractivity contribution in [3.05, 3.63) is 11.9 Å². The molecule has 1 N–H and O–H groups in total. The zero-order chi connectivity index (χ0) is 7.56. The van der Waals surface area contributed by atoms with Crippen molar-refractivity contribution in [2.75, 3.05) is 0 Å². The summed E-state index contributed by atoms with van der Waals surface area (Å²) in [5.41, 5.74) is 0.282. The molecule has 5 heteroatoms. The van der Waals surface area contributed by atoms with E-state index in [1.807, 2.05) is 0 Å². The number of aromatic nitrogens is 3. The van der Waals surface area contributed by atoms with Crippen LogP contribution in [-0.4, -0.2) is 20.1 Å². The zero-order valence-electron chi connectivity index (χ0n) is 5.39. The minimum absolute atomic E-state index is 0.282. The molecule has 1 unspecified atom stereocenters. The lowest BCUT2D eigenvalue weighted by Gasteiger charge is -1.89. The lowest BCUT2D eigenvalue weighted by Crippen LogP contribution is -1.92. The summed E-state index contributed by atoms with van der Waals surface area (Å²) in [7, 11) is 1.67. The molecule has 5 nitrogen and oxygen atoms in total. The second-order valence-electron chi connectivity index (χ2n) is 1.85. The summed E-state index contributed by atoms with van der Waals surface area (Å²) in [5.74, 6) is 0. The lowest BCUT2D eigenvalue weighted by molar-refractivity contribution is 0.231. The smallest absolute Gasteiger partial charge is 0.186 e. The first-order chi connectivity index (χ1) is 4.74. The van der Waals surface area contributed by atoms with Gasteiger partial charge in [0.2, 0.25) is 0 Å². The molecule has 0 spiro atoms. The fourth-order valence-electron chi connectivity index (χ4n) is 0.557. The first-order valence-electron chi connectivity index (χ1n) is 2.68. The Hall–Kier alpha value is -1.41. The van der Waals surface area contributed by atoms with Gasteiger partial charge < -0.3 is 5.11 Å². The molecule has 52 valence electrons. The van der Waals surface area contributed by atoms with Gasteiger partial charge >= 0.3 is 0 Å². The molecule has 0 aliphatic rings. The Labute approximate surface area is 57.5 Å². The molecule has 0 aliphatic heterocycles. The average molecular weight is 138 g/mol. The van der Waals surface area contributed by atoms with Gasteiger partial charge in [-0.05, 0) is 0 Å². The Kier molecular flexibility index (Phi) is 1.65. The van der Waals surface area contributed by atoms with Crippen molar-refractivity contribution in [3.8, 4) is 6.07 Å². The van der Waals surface area contributed by atoms with Crippen LogP contribution in [0.5, 0.6) is 0 Å². The van der Waals surface area contributed by atoms with Crippen molar-refractivity contribution in [2.45, 2.75) is 6.10 Å². The predicted octanol–water partition coefficient (Wildman–Crippen LogP) is -0.628. The van der Waals surface area contributed by atoms with E-state index in [1.54, 1.807) is 13.1 Å². The van der Waals surface area contributed by atoms with Crippen LogP contribution in [0.4, 0.5) is 0 Å². The van der Waals surface area contributed by atoms with E-state index in [-0.39, 0.29) is 5.69 Å². The molecule has 0 saturated carbocycles. The second kappa shape index (κ2) is 2.45. The van der Waals surface area contributed by atoms with Crippen LogP contribution in [-0.2, 0) is 7.05 Å². The molecule has 1 rings (SSSR count). The largest absolute Gasteiger partial charge is 0.373 e. The van der Waals surface area contributed by atoms with Gasteiger partial charge in [0.05, 0.1) is 6.20 Å². The van der Waals surface area contributed by atoms with Gasteiger partial charge in [-0.25, -0.2) is 0 Å². The number of nitrogens with zero attached hydrogens (tertiary/aromatic N) is 4. The standard InChI is InChI=1S/C5H6N4O/c1-9-3-4(7-8-9)5(10)2-6/h3,5,10H,1H3. The second-order valence-corrected chi connectivity index (χ2v) is 1.85. The van der Waals surface area contributed by atoms with Crippen molar-refractivity contribution < 1.29 is 5.11 Å². The summed E-state index contributed by atoms with van der Waals surface area (Å²) in [5, 5.41) is 24.2. The Morgan fingerprint density at radius 1 is 1.90 bits per heavy atom. The highest BCUT2D eigenvalue weighted by Crippen LogP contribution is 2.04. The van der Waals surface area contributed by atoms with E-state index < -0.39 is 6.10 Å². The summed E-state index contributed by atoms with van der Waals surface area (Å²) < 4.78 is 1.43. The summed E-state index contributed by atoms with van der Waals surface area (Å²) in [6, 6.07) is 1.63. The van der Waals surface area contributed by atoms with Crippen LogP contribution in [0.15, 0.2) is 6.20 Å². The van der Waals surface area contributed by atoms with Crippen LogP contribution < -0.4 is 0 Å². The van der Waals surface area contributed by atoms with Crippen LogP contribution in [0.1, 0.15) is 11.8 Å². The van der Waals surface area contributed by atoms with Gasteiger partial charge in [0.15, 0.2) is 6.10 Å². The molecule has 1 aromatic rings. The molecule has 10 heavy (non-hydrogen) atoms. The molecule has 0 aromatic carbocycles. The van der Waals surface area contributed by atoms with Crippen molar-refractivity contribution >= 4 is 0 Å². The van der Waals surface area contributed by atoms with Gasteiger partial charge in [-0.2, -0.15) is 5.26 Å². The first-order valence-corrected chi connectivity index (χ1v) is 2.68. The van der Waals surface area contributed by atoms with Gasteiger partial charge in [-0.15, -0.1) is 5.10 Å². The Morgan fingerprint density at radius 3 is 3.00 bits per heavy atom. The number of nitriles is 1. The number of hydrogen-bond donors (Lipinski definition) is 1. The average Bonchev–Trinajstić information content (AvgIpc) is 2.34. The maximum atomic E-state index is 8.87.